The fourth-order valence-electron chi connectivity index (χ4n) is 3.93. The number of nitrogens with one attached hydrogen (secondary N) is 1. The lowest BCUT2D eigenvalue weighted by atomic mass is 9.83. The molecule has 33 heavy (non-hydrogen) atoms. The second kappa shape index (κ2) is 8.30. The number of ether oxygens (including phenoxy) is 2. The number of pyridine rings is 1. The molecule has 0 spiro atoms. The number of alkyl halides is 2. The number of aromatic nitrogens is 1. The zero-order chi connectivity index (χ0) is 23.9. The van der Waals surface area contributed by atoms with E-state index in [4.69, 9.17) is 0 Å². The normalized spacial score (nSPS) is 22.3. The highest BCUT2D eigenvalue weighted by Crippen LogP contribution is 2.42. The van der Waals surface area contributed by atoms with E-state index in [2.05, 4.69) is 19.8 Å². The average Bonchev–Trinajstić information content (AvgIpc) is 3.08. The third-order valence-electron chi connectivity index (χ3n) is 5.89. The standard InChI is InChI=1S/C22H21F2N3O6/c1-11(13-6-7-16-17(9-13)33-22(23,24)32-16)12(2)26-21(31)27-18(20(29)30)15(19(27)28)10-14-5-3-4-8-25-14/h3-9,11-12,15,18H,10H2,1-2H3,(H,26,31)(H,29,30)/t11?,12-,15-,18+/m1/s1. The van der Waals surface area contributed by atoms with Crippen molar-refractivity contribution in [1.29, 1.82) is 0 Å². The molecule has 2 N–H and O–H groups in total. The van der Waals surface area contributed by atoms with Crippen molar-refractivity contribution >= 4 is 17.9 Å². The van der Waals surface area contributed by atoms with Crippen LogP contribution in [0.5, 0.6) is 11.5 Å². The fourth-order valence-corrected chi connectivity index (χ4v) is 3.93. The number of likely N-dealkylation sites (tertiary alicyclic amines) is 1. The number of aliphatic carboxylic acids is 1. The monoisotopic (exact) mass is 461 g/mol. The Morgan fingerprint density at radius 2 is 1.94 bits per heavy atom. The zero-order valence-electron chi connectivity index (χ0n) is 17.7. The predicted octanol–water partition coefficient (Wildman–Crippen LogP) is 2.76. The number of carbonyl (C=O) groups is 3. The molecular weight excluding hydrogens is 440 g/mol. The summed E-state index contributed by atoms with van der Waals surface area (Å²) in [5.74, 6) is -3.38. The van der Waals surface area contributed by atoms with Gasteiger partial charge < -0.3 is 19.9 Å². The van der Waals surface area contributed by atoms with Gasteiger partial charge in [-0.1, -0.05) is 19.1 Å². The number of hydrogen-bond acceptors (Lipinski definition) is 6. The van der Waals surface area contributed by atoms with Crippen molar-refractivity contribution in [3.8, 4) is 11.5 Å². The summed E-state index contributed by atoms with van der Waals surface area (Å²) in [5.41, 5.74) is 1.14. The third kappa shape index (κ3) is 4.30. The lowest BCUT2D eigenvalue weighted by Crippen LogP contribution is -2.69. The van der Waals surface area contributed by atoms with Crippen LogP contribution in [0.3, 0.4) is 0 Å². The Morgan fingerprint density at radius 3 is 2.61 bits per heavy atom. The summed E-state index contributed by atoms with van der Waals surface area (Å²) in [4.78, 5) is 41.9. The Bertz CT molecular complexity index is 1100. The van der Waals surface area contributed by atoms with E-state index in [-0.39, 0.29) is 23.8 Å². The van der Waals surface area contributed by atoms with Crippen LogP contribution < -0.4 is 14.8 Å². The number of rotatable bonds is 6. The van der Waals surface area contributed by atoms with Gasteiger partial charge in [-0.15, -0.1) is 8.78 Å². The van der Waals surface area contributed by atoms with Gasteiger partial charge in [0.25, 0.3) is 0 Å². The lowest BCUT2D eigenvalue weighted by Gasteiger charge is -2.43. The van der Waals surface area contributed by atoms with Crippen LogP contribution in [0.15, 0.2) is 42.6 Å². The van der Waals surface area contributed by atoms with E-state index < -0.39 is 42.2 Å². The van der Waals surface area contributed by atoms with Crippen LogP contribution in [0.1, 0.15) is 31.0 Å². The Hall–Kier alpha value is -3.76. The maximum atomic E-state index is 13.3. The quantitative estimate of drug-likeness (QED) is 0.635. The second-order valence-electron chi connectivity index (χ2n) is 8.02. The molecule has 0 saturated carbocycles. The largest absolute Gasteiger partial charge is 0.586 e. The summed E-state index contributed by atoms with van der Waals surface area (Å²) in [6.45, 7) is 3.41. The van der Waals surface area contributed by atoms with Gasteiger partial charge in [-0.25, -0.2) is 14.5 Å². The first-order chi connectivity index (χ1) is 15.6. The van der Waals surface area contributed by atoms with Crippen molar-refractivity contribution in [1.82, 2.24) is 15.2 Å². The molecule has 0 aliphatic carbocycles. The van der Waals surface area contributed by atoms with Crippen molar-refractivity contribution < 1.29 is 37.7 Å². The fraction of sp³-hybridized carbons (Fsp3) is 0.364. The number of carbonyl (C=O) groups excluding carboxylic acids is 2. The molecule has 1 fully saturated rings. The summed E-state index contributed by atoms with van der Waals surface area (Å²) >= 11 is 0. The number of nitrogens with zero attached hydrogens (tertiary/aromatic N) is 2. The molecule has 3 heterocycles. The molecular formula is C22H21F2N3O6. The first-order valence-electron chi connectivity index (χ1n) is 10.2. The van der Waals surface area contributed by atoms with E-state index >= 15 is 0 Å². The van der Waals surface area contributed by atoms with Crippen molar-refractivity contribution in [2.24, 2.45) is 5.92 Å². The number of carboxylic acid groups (broad SMARTS) is 1. The zero-order valence-corrected chi connectivity index (χ0v) is 17.7. The maximum Gasteiger partial charge on any atom is 0.586 e. The van der Waals surface area contributed by atoms with Gasteiger partial charge in [0.1, 0.15) is 0 Å². The van der Waals surface area contributed by atoms with Crippen LogP contribution in [-0.4, -0.2) is 51.3 Å². The maximum absolute atomic E-state index is 13.3. The van der Waals surface area contributed by atoms with Gasteiger partial charge in [0.05, 0.1) is 5.92 Å². The summed E-state index contributed by atoms with van der Waals surface area (Å²) < 4.78 is 35.3. The van der Waals surface area contributed by atoms with Crippen LogP contribution in [0, 0.1) is 5.92 Å². The second-order valence-corrected chi connectivity index (χ2v) is 8.02. The first-order valence-corrected chi connectivity index (χ1v) is 10.2. The minimum absolute atomic E-state index is 0.0953. The summed E-state index contributed by atoms with van der Waals surface area (Å²) in [6.07, 6.45) is -2.09. The Labute approximate surface area is 187 Å². The van der Waals surface area contributed by atoms with Gasteiger partial charge in [0.2, 0.25) is 5.91 Å². The molecule has 11 heteroatoms. The third-order valence-corrected chi connectivity index (χ3v) is 5.89. The van der Waals surface area contributed by atoms with Crippen LogP contribution >= 0.6 is 0 Å². The molecule has 174 valence electrons. The minimum Gasteiger partial charge on any atom is -0.480 e. The summed E-state index contributed by atoms with van der Waals surface area (Å²) in [5, 5.41) is 12.2. The average molecular weight is 461 g/mol. The number of imide groups is 1. The van der Waals surface area contributed by atoms with Gasteiger partial charge >= 0.3 is 18.3 Å². The number of fused-ring (bicyclic) bond motifs is 1. The van der Waals surface area contributed by atoms with Crippen molar-refractivity contribution in [2.75, 3.05) is 0 Å². The molecule has 2 aromatic rings. The van der Waals surface area contributed by atoms with Crippen LogP contribution in [0.2, 0.25) is 0 Å². The van der Waals surface area contributed by atoms with Crippen molar-refractivity contribution in [3.05, 3.63) is 53.9 Å². The van der Waals surface area contributed by atoms with E-state index in [0.29, 0.717) is 16.2 Å². The molecule has 3 amide bonds. The van der Waals surface area contributed by atoms with E-state index in [1.807, 2.05) is 0 Å². The molecule has 2 aliphatic rings. The van der Waals surface area contributed by atoms with Gasteiger partial charge in [-0.3, -0.25) is 9.78 Å². The van der Waals surface area contributed by atoms with E-state index in [1.165, 1.54) is 12.1 Å². The highest BCUT2D eigenvalue weighted by Gasteiger charge is 2.55. The van der Waals surface area contributed by atoms with Crippen LogP contribution in [0.25, 0.3) is 0 Å². The van der Waals surface area contributed by atoms with E-state index in [1.54, 1.807) is 44.3 Å². The molecule has 0 bridgehead atoms. The number of β-lactam (4-membered cyclic amide) rings is 1. The van der Waals surface area contributed by atoms with Gasteiger partial charge in [0, 0.05) is 30.3 Å². The van der Waals surface area contributed by atoms with E-state index in [0.717, 1.165) is 0 Å². The van der Waals surface area contributed by atoms with Crippen molar-refractivity contribution in [3.63, 3.8) is 0 Å². The molecule has 1 unspecified atom stereocenters. The molecule has 4 rings (SSSR count). The van der Waals surface area contributed by atoms with Gasteiger partial charge in [-0.2, -0.15) is 0 Å². The predicted molar refractivity (Wildman–Crippen MR) is 109 cm³/mol. The molecule has 1 aromatic heterocycles. The van der Waals surface area contributed by atoms with Gasteiger partial charge in [0.15, 0.2) is 17.5 Å². The number of benzene rings is 1. The number of urea groups is 1. The molecule has 4 atom stereocenters. The number of hydrogen-bond donors (Lipinski definition) is 2. The highest BCUT2D eigenvalue weighted by molar-refractivity contribution is 6.07. The smallest absolute Gasteiger partial charge is 0.480 e. The first kappa shape index (κ1) is 22.4. The Morgan fingerprint density at radius 1 is 1.21 bits per heavy atom. The highest BCUT2D eigenvalue weighted by atomic mass is 19.3. The summed E-state index contributed by atoms with van der Waals surface area (Å²) in [6, 6.07) is 6.70. The number of carboxylic acids is 1. The van der Waals surface area contributed by atoms with Crippen molar-refractivity contribution in [2.45, 2.75) is 44.6 Å². The molecule has 9 nitrogen and oxygen atoms in total. The molecule has 1 saturated heterocycles. The minimum atomic E-state index is -3.74. The number of amides is 3. The van der Waals surface area contributed by atoms with Crippen LogP contribution in [0.4, 0.5) is 13.6 Å². The van der Waals surface area contributed by atoms with Gasteiger partial charge in [-0.05, 0) is 36.8 Å². The Balaban J connectivity index is 1.42. The van der Waals surface area contributed by atoms with E-state index in [9.17, 15) is 28.3 Å². The number of halogens is 2. The summed E-state index contributed by atoms with van der Waals surface area (Å²) in [7, 11) is 0. The molecule has 1 aromatic carbocycles. The SMILES string of the molecule is CC(c1ccc2c(c1)OC(F)(F)O2)[C@@H](C)NC(=O)N1C(=O)[C@H](Cc2ccccn2)[C@H]1C(=O)O. The Kier molecular flexibility index (Phi) is 5.64. The van der Waals surface area contributed by atoms with Crippen LogP contribution in [-0.2, 0) is 16.0 Å². The molecule has 2 aliphatic heterocycles. The topological polar surface area (TPSA) is 118 Å². The molecule has 0 radical (unpaired) electrons. The lowest BCUT2D eigenvalue weighted by molar-refractivity contribution is -0.286.